The fraction of sp³-hybridized carbons (Fsp3) is 0.125. The van der Waals surface area contributed by atoms with Crippen molar-refractivity contribution in [3.8, 4) is 5.75 Å². The summed E-state index contributed by atoms with van der Waals surface area (Å²) < 4.78 is 5.49. The molecule has 0 saturated heterocycles. The van der Waals surface area contributed by atoms with Crippen LogP contribution in [0.3, 0.4) is 0 Å². The third kappa shape index (κ3) is 3.67. The number of benzene rings is 3. The molecule has 29 heavy (non-hydrogen) atoms. The van der Waals surface area contributed by atoms with E-state index < -0.39 is 0 Å². The van der Waals surface area contributed by atoms with Gasteiger partial charge < -0.3 is 10.1 Å². The van der Waals surface area contributed by atoms with Crippen LogP contribution >= 0.6 is 0 Å². The van der Waals surface area contributed by atoms with Crippen LogP contribution in [0.4, 0.5) is 11.6 Å². The van der Waals surface area contributed by atoms with Gasteiger partial charge >= 0.3 is 0 Å². The number of ether oxygens (including phenoxy) is 1. The van der Waals surface area contributed by atoms with E-state index in [1.807, 2.05) is 50.2 Å². The van der Waals surface area contributed by atoms with Gasteiger partial charge in [-0.3, -0.25) is 4.79 Å². The van der Waals surface area contributed by atoms with E-state index >= 15 is 0 Å². The maximum absolute atomic E-state index is 12.9. The summed E-state index contributed by atoms with van der Waals surface area (Å²) in [6.45, 7) is 4.09. The third-order valence-corrected chi connectivity index (χ3v) is 4.90. The number of anilines is 2. The lowest BCUT2D eigenvalue weighted by Crippen LogP contribution is -2.05. The van der Waals surface area contributed by atoms with Crippen molar-refractivity contribution in [2.75, 3.05) is 12.4 Å². The first-order chi connectivity index (χ1) is 14.1. The van der Waals surface area contributed by atoms with Gasteiger partial charge in [-0.25, -0.2) is 9.97 Å². The minimum Gasteiger partial charge on any atom is -0.496 e. The zero-order chi connectivity index (χ0) is 20.4. The molecule has 0 unspecified atom stereocenters. The lowest BCUT2D eigenvalue weighted by molar-refractivity contribution is 0.103. The van der Waals surface area contributed by atoms with Crippen molar-refractivity contribution >= 4 is 28.3 Å². The number of para-hydroxylation sites is 1. The van der Waals surface area contributed by atoms with E-state index in [1.54, 1.807) is 37.6 Å². The smallest absolute Gasteiger partial charge is 0.227 e. The molecule has 144 valence electrons. The second kappa shape index (κ2) is 7.72. The molecule has 0 spiro atoms. The van der Waals surface area contributed by atoms with Gasteiger partial charge in [0.15, 0.2) is 5.78 Å². The second-order valence-electron chi connectivity index (χ2n) is 6.89. The monoisotopic (exact) mass is 383 g/mol. The standard InChI is InChI=1S/C24H21N3O2/c1-15-8-7-9-16(2)22(15)27-24-25-14-18-12-19(21(29-3)13-20(18)26-24)23(28)17-10-5-4-6-11-17/h4-14H,1-3H3,(H,25,26,27). The maximum Gasteiger partial charge on any atom is 0.227 e. The summed E-state index contributed by atoms with van der Waals surface area (Å²) in [5, 5.41) is 4.08. The topological polar surface area (TPSA) is 64.1 Å². The Morgan fingerprint density at radius 3 is 2.38 bits per heavy atom. The van der Waals surface area contributed by atoms with Crippen molar-refractivity contribution in [2.24, 2.45) is 0 Å². The van der Waals surface area contributed by atoms with Gasteiger partial charge in [-0.1, -0.05) is 48.5 Å². The van der Waals surface area contributed by atoms with E-state index in [2.05, 4.69) is 15.3 Å². The van der Waals surface area contributed by atoms with Gasteiger partial charge in [0.05, 0.1) is 18.2 Å². The minimum atomic E-state index is -0.0953. The molecule has 0 fully saturated rings. The summed E-state index contributed by atoms with van der Waals surface area (Å²) >= 11 is 0. The highest BCUT2D eigenvalue weighted by Gasteiger charge is 2.16. The predicted octanol–water partition coefficient (Wildman–Crippen LogP) is 5.23. The molecular weight excluding hydrogens is 362 g/mol. The summed E-state index contributed by atoms with van der Waals surface area (Å²) in [5.41, 5.74) is 5.04. The van der Waals surface area contributed by atoms with Gasteiger partial charge in [-0.15, -0.1) is 0 Å². The third-order valence-electron chi connectivity index (χ3n) is 4.90. The summed E-state index contributed by atoms with van der Waals surface area (Å²) in [6, 6.07) is 18.8. The number of nitrogens with one attached hydrogen (secondary N) is 1. The maximum atomic E-state index is 12.9. The Labute approximate surface area is 169 Å². The van der Waals surface area contributed by atoms with Crippen LogP contribution in [-0.2, 0) is 0 Å². The highest BCUT2D eigenvalue weighted by molar-refractivity contribution is 6.12. The predicted molar refractivity (Wildman–Crippen MR) is 115 cm³/mol. The molecule has 1 aromatic heterocycles. The van der Waals surface area contributed by atoms with Gasteiger partial charge in [0, 0.05) is 28.9 Å². The molecule has 0 atom stereocenters. The van der Waals surface area contributed by atoms with Crippen molar-refractivity contribution < 1.29 is 9.53 Å². The Morgan fingerprint density at radius 2 is 1.69 bits per heavy atom. The minimum absolute atomic E-state index is 0.0953. The molecule has 0 radical (unpaired) electrons. The number of hydrogen-bond acceptors (Lipinski definition) is 5. The van der Waals surface area contributed by atoms with E-state index in [0.717, 1.165) is 22.2 Å². The number of ketones is 1. The molecule has 5 heteroatoms. The first-order valence-electron chi connectivity index (χ1n) is 9.34. The number of rotatable bonds is 5. The zero-order valence-corrected chi connectivity index (χ0v) is 16.6. The SMILES string of the molecule is COc1cc2nc(Nc3c(C)cccc3C)ncc2cc1C(=O)c1ccccc1. The molecule has 4 aromatic rings. The average molecular weight is 383 g/mol. The average Bonchev–Trinajstić information content (AvgIpc) is 2.75. The van der Waals surface area contributed by atoms with Crippen LogP contribution in [0.5, 0.6) is 5.75 Å². The van der Waals surface area contributed by atoms with Gasteiger partial charge in [0.2, 0.25) is 5.95 Å². The van der Waals surface area contributed by atoms with Gasteiger partial charge in [0.1, 0.15) is 5.75 Å². The van der Waals surface area contributed by atoms with Crippen molar-refractivity contribution in [3.05, 3.63) is 89.1 Å². The first kappa shape index (κ1) is 18.6. The van der Waals surface area contributed by atoms with E-state index in [9.17, 15) is 4.79 Å². The molecule has 0 aliphatic heterocycles. The van der Waals surface area contributed by atoms with Crippen molar-refractivity contribution in [2.45, 2.75) is 13.8 Å². The van der Waals surface area contributed by atoms with Crippen LogP contribution in [0.25, 0.3) is 10.9 Å². The highest BCUT2D eigenvalue weighted by atomic mass is 16.5. The molecule has 0 aliphatic rings. The van der Waals surface area contributed by atoms with E-state index in [-0.39, 0.29) is 5.78 Å². The van der Waals surface area contributed by atoms with Crippen LogP contribution in [0.15, 0.2) is 66.9 Å². The lowest BCUT2D eigenvalue weighted by atomic mass is 10.0. The number of nitrogens with zero attached hydrogens (tertiary/aromatic N) is 2. The number of methoxy groups -OCH3 is 1. The fourth-order valence-electron chi connectivity index (χ4n) is 3.33. The molecule has 0 amide bonds. The number of carbonyl (C=O) groups excluding carboxylic acids is 1. The van der Waals surface area contributed by atoms with Crippen molar-refractivity contribution in [1.82, 2.24) is 9.97 Å². The largest absolute Gasteiger partial charge is 0.496 e. The number of carbonyl (C=O) groups is 1. The normalized spacial score (nSPS) is 10.7. The second-order valence-corrected chi connectivity index (χ2v) is 6.89. The summed E-state index contributed by atoms with van der Waals surface area (Å²) in [4.78, 5) is 22.0. The highest BCUT2D eigenvalue weighted by Crippen LogP contribution is 2.29. The molecule has 0 bridgehead atoms. The summed E-state index contributed by atoms with van der Waals surface area (Å²) in [7, 11) is 1.56. The van der Waals surface area contributed by atoms with E-state index in [1.165, 1.54) is 0 Å². The molecule has 4 rings (SSSR count). The molecule has 0 saturated carbocycles. The quantitative estimate of drug-likeness (QED) is 0.478. The van der Waals surface area contributed by atoms with Crippen molar-refractivity contribution in [3.63, 3.8) is 0 Å². The van der Waals surface area contributed by atoms with Crippen molar-refractivity contribution in [1.29, 1.82) is 0 Å². The van der Waals surface area contributed by atoms with Crippen LogP contribution in [0.1, 0.15) is 27.0 Å². The van der Waals surface area contributed by atoms with Gasteiger partial charge in [-0.05, 0) is 31.0 Å². The molecule has 1 heterocycles. The van der Waals surface area contributed by atoms with E-state index in [0.29, 0.717) is 28.3 Å². The Hall–Kier alpha value is -3.73. The number of aryl methyl sites for hydroxylation is 2. The Bertz CT molecular complexity index is 1180. The number of aromatic nitrogens is 2. The van der Waals surface area contributed by atoms with Crippen LogP contribution < -0.4 is 10.1 Å². The van der Waals surface area contributed by atoms with Crippen LogP contribution in [-0.4, -0.2) is 22.9 Å². The number of fused-ring (bicyclic) bond motifs is 1. The van der Waals surface area contributed by atoms with Gasteiger partial charge in [0.25, 0.3) is 0 Å². The van der Waals surface area contributed by atoms with Gasteiger partial charge in [-0.2, -0.15) is 0 Å². The molecule has 0 aliphatic carbocycles. The molecular formula is C24H21N3O2. The Balaban J connectivity index is 1.74. The summed E-state index contributed by atoms with van der Waals surface area (Å²) in [5.74, 6) is 0.893. The Kier molecular flexibility index (Phi) is 4.96. The first-order valence-corrected chi connectivity index (χ1v) is 9.34. The molecule has 3 aromatic carbocycles. The number of hydrogen-bond donors (Lipinski definition) is 1. The van der Waals surface area contributed by atoms with Crippen LogP contribution in [0.2, 0.25) is 0 Å². The summed E-state index contributed by atoms with van der Waals surface area (Å²) in [6.07, 6.45) is 1.72. The fourth-order valence-corrected chi connectivity index (χ4v) is 3.33. The molecule has 1 N–H and O–H groups in total. The lowest BCUT2D eigenvalue weighted by Gasteiger charge is -2.13. The van der Waals surface area contributed by atoms with E-state index in [4.69, 9.17) is 4.74 Å². The van der Waals surface area contributed by atoms with Crippen LogP contribution in [0, 0.1) is 13.8 Å². The molecule has 5 nitrogen and oxygen atoms in total. The Morgan fingerprint density at radius 1 is 0.966 bits per heavy atom. The zero-order valence-electron chi connectivity index (χ0n) is 16.6.